The lowest BCUT2D eigenvalue weighted by molar-refractivity contribution is 0.609. The molecule has 1 aromatic carbocycles. The Morgan fingerprint density at radius 2 is 2.05 bits per heavy atom. The molecule has 102 valence electrons. The Balaban J connectivity index is 2.41. The molecule has 0 aliphatic rings. The van der Waals surface area contributed by atoms with Crippen molar-refractivity contribution in [3.05, 3.63) is 55.4 Å². The molecule has 4 heteroatoms. The third-order valence-electron chi connectivity index (χ3n) is 3.08. The Morgan fingerprint density at radius 3 is 2.58 bits per heavy atom. The van der Waals surface area contributed by atoms with Gasteiger partial charge in [0, 0.05) is 14.2 Å². The molecule has 0 spiro atoms. The zero-order valence-corrected chi connectivity index (χ0v) is 13.7. The van der Waals surface area contributed by atoms with Crippen LogP contribution in [-0.2, 0) is 0 Å². The number of rotatable bonds is 4. The fourth-order valence-electron chi connectivity index (χ4n) is 2.06. The molecule has 0 amide bonds. The number of nitrogens with one attached hydrogen (secondary N) is 1. The van der Waals surface area contributed by atoms with Gasteiger partial charge in [0.25, 0.3) is 0 Å². The summed E-state index contributed by atoms with van der Waals surface area (Å²) in [6.45, 7) is 6.85. The van der Waals surface area contributed by atoms with Crippen molar-refractivity contribution >= 4 is 27.3 Å². The predicted octanol–water partition coefficient (Wildman–Crippen LogP) is 4.97. The maximum absolute atomic E-state index is 13.4. The zero-order chi connectivity index (χ0) is 14.0. The third kappa shape index (κ3) is 3.25. The molecular weight excluding hydrogens is 325 g/mol. The van der Waals surface area contributed by atoms with Crippen molar-refractivity contribution in [2.75, 3.05) is 6.54 Å². The van der Waals surface area contributed by atoms with Crippen LogP contribution in [-0.4, -0.2) is 6.54 Å². The van der Waals surface area contributed by atoms with Gasteiger partial charge in [0.05, 0.1) is 6.04 Å². The van der Waals surface area contributed by atoms with Crippen molar-refractivity contribution in [3.63, 3.8) is 0 Å². The molecule has 0 aliphatic heterocycles. The first-order chi connectivity index (χ1) is 9.02. The summed E-state index contributed by atoms with van der Waals surface area (Å²) in [5.74, 6) is -0.150. The van der Waals surface area contributed by atoms with Gasteiger partial charge in [0.1, 0.15) is 5.82 Å². The van der Waals surface area contributed by atoms with Gasteiger partial charge in [-0.05, 0) is 59.6 Å². The fraction of sp³-hybridized carbons (Fsp3) is 0.333. The lowest BCUT2D eigenvalue weighted by atomic mass is 10.0. The molecule has 1 nitrogen and oxygen atoms in total. The number of thiophene rings is 1. The smallest absolute Gasteiger partial charge is 0.126 e. The Hall–Kier alpha value is -0.710. The first kappa shape index (κ1) is 14.7. The number of aryl methyl sites for hydroxylation is 2. The quantitative estimate of drug-likeness (QED) is 0.828. The van der Waals surface area contributed by atoms with Gasteiger partial charge in [0.2, 0.25) is 0 Å². The number of benzene rings is 1. The second-order valence-electron chi connectivity index (χ2n) is 4.55. The predicted molar refractivity (Wildman–Crippen MR) is 83.4 cm³/mol. The molecule has 19 heavy (non-hydrogen) atoms. The van der Waals surface area contributed by atoms with Crippen LogP contribution in [0.15, 0.2) is 28.7 Å². The number of halogens is 2. The topological polar surface area (TPSA) is 12.0 Å². The van der Waals surface area contributed by atoms with Gasteiger partial charge in [-0.1, -0.05) is 19.1 Å². The minimum absolute atomic E-state index is 0.124. The highest BCUT2D eigenvalue weighted by atomic mass is 79.9. The van der Waals surface area contributed by atoms with Crippen molar-refractivity contribution < 1.29 is 4.39 Å². The molecule has 0 saturated carbocycles. The highest BCUT2D eigenvalue weighted by Crippen LogP contribution is 2.34. The summed E-state index contributed by atoms with van der Waals surface area (Å²) in [4.78, 5) is 2.51. The van der Waals surface area contributed by atoms with Gasteiger partial charge < -0.3 is 5.32 Å². The van der Waals surface area contributed by atoms with Crippen LogP contribution in [0.5, 0.6) is 0 Å². The van der Waals surface area contributed by atoms with Crippen LogP contribution in [0.1, 0.15) is 33.8 Å². The molecule has 1 aromatic heterocycles. The highest BCUT2D eigenvalue weighted by molar-refractivity contribution is 9.10. The van der Waals surface area contributed by atoms with Crippen LogP contribution < -0.4 is 5.32 Å². The maximum atomic E-state index is 13.4. The lowest BCUT2D eigenvalue weighted by Gasteiger charge is -2.17. The summed E-state index contributed by atoms with van der Waals surface area (Å²) in [5, 5.41) is 3.47. The standard InChI is InChI=1S/C15H17BrFNS/c1-4-18-15(14-8-12(16)10(3)19-14)11-5-6-13(17)9(2)7-11/h5-8,15,18H,4H2,1-3H3. The van der Waals surface area contributed by atoms with Gasteiger partial charge >= 0.3 is 0 Å². The first-order valence-corrected chi connectivity index (χ1v) is 7.89. The van der Waals surface area contributed by atoms with Crippen LogP contribution in [0.4, 0.5) is 4.39 Å². The first-order valence-electron chi connectivity index (χ1n) is 6.28. The Morgan fingerprint density at radius 1 is 1.32 bits per heavy atom. The highest BCUT2D eigenvalue weighted by Gasteiger charge is 2.17. The Labute approximate surface area is 126 Å². The van der Waals surface area contributed by atoms with E-state index in [-0.39, 0.29) is 11.9 Å². The summed E-state index contributed by atoms with van der Waals surface area (Å²) in [6.07, 6.45) is 0. The molecule has 0 saturated heterocycles. The molecule has 2 aromatic rings. The Bertz CT molecular complexity index is 560. The monoisotopic (exact) mass is 341 g/mol. The molecular formula is C15H17BrFNS. The van der Waals surface area contributed by atoms with Crippen molar-refractivity contribution in [2.24, 2.45) is 0 Å². The average Bonchev–Trinajstić information content (AvgIpc) is 2.70. The van der Waals surface area contributed by atoms with Crippen LogP contribution in [0.2, 0.25) is 0 Å². The summed E-state index contributed by atoms with van der Waals surface area (Å²) in [5.41, 5.74) is 1.79. The van der Waals surface area contributed by atoms with Crippen molar-refractivity contribution in [1.29, 1.82) is 0 Å². The average molecular weight is 342 g/mol. The largest absolute Gasteiger partial charge is 0.306 e. The SMILES string of the molecule is CCNC(c1ccc(F)c(C)c1)c1cc(Br)c(C)s1. The third-order valence-corrected chi connectivity index (χ3v) is 5.29. The van der Waals surface area contributed by atoms with Gasteiger partial charge in [-0.3, -0.25) is 0 Å². The van der Waals surface area contributed by atoms with E-state index in [2.05, 4.69) is 41.2 Å². The Kier molecular flexibility index (Phi) is 4.76. The van der Waals surface area contributed by atoms with Crippen molar-refractivity contribution in [2.45, 2.75) is 26.8 Å². The van der Waals surface area contributed by atoms with Crippen LogP contribution in [0.25, 0.3) is 0 Å². The van der Waals surface area contributed by atoms with Gasteiger partial charge in [0.15, 0.2) is 0 Å². The molecule has 1 atom stereocenters. The van der Waals surface area contributed by atoms with E-state index in [4.69, 9.17) is 0 Å². The van der Waals surface area contributed by atoms with E-state index in [0.29, 0.717) is 5.56 Å². The van der Waals surface area contributed by atoms with E-state index in [1.807, 2.05) is 12.1 Å². The van der Waals surface area contributed by atoms with Crippen LogP contribution >= 0.6 is 27.3 Å². The van der Waals surface area contributed by atoms with Crippen LogP contribution in [0.3, 0.4) is 0 Å². The molecule has 0 radical (unpaired) electrons. The summed E-state index contributed by atoms with van der Waals surface area (Å²) >= 11 is 5.32. The number of hydrogen-bond acceptors (Lipinski definition) is 2. The minimum atomic E-state index is -0.150. The molecule has 2 rings (SSSR count). The number of hydrogen-bond donors (Lipinski definition) is 1. The summed E-state index contributed by atoms with van der Waals surface area (Å²) < 4.78 is 14.5. The summed E-state index contributed by atoms with van der Waals surface area (Å²) in [6, 6.07) is 7.60. The second-order valence-corrected chi connectivity index (χ2v) is 6.69. The van der Waals surface area contributed by atoms with E-state index >= 15 is 0 Å². The fourth-order valence-corrected chi connectivity index (χ4v) is 3.72. The molecule has 0 bridgehead atoms. The molecule has 0 fully saturated rings. The van der Waals surface area contributed by atoms with Gasteiger partial charge in [-0.15, -0.1) is 11.3 Å². The molecule has 1 N–H and O–H groups in total. The normalized spacial score (nSPS) is 12.7. The van der Waals surface area contributed by atoms with Crippen LogP contribution in [0, 0.1) is 19.7 Å². The molecule has 1 heterocycles. The van der Waals surface area contributed by atoms with Gasteiger partial charge in [-0.25, -0.2) is 4.39 Å². The van der Waals surface area contributed by atoms with E-state index in [1.54, 1.807) is 24.3 Å². The summed E-state index contributed by atoms with van der Waals surface area (Å²) in [7, 11) is 0. The van der Waals surface area contributed by atoms with Crippen molar-refractivity contribution in [3.8, 4) is 0 Å². The molecule has 0 aliphatic carbocycles. The van der Waals surface area contributed by atoms with E-state index in [9.17, 15) is 4.39 Å². The minimum Gasteiger partial charge on any atom is -0.306 e. The maximum Gasteiger partial charge on any atom is 0.126 e. The van der Waals surface area contributed by atoms with Gasteiger partial charge in [-0.2, -0.15) is 0 Å². The van der Waals surface area contributed by atoms with E-state index < -0.39 is 0 Å². The van der Waals surface area contributed by atoms with E-state index in [1.165, 1.54) is 9.75 Å². The van der Waals surface area contributed by atoms with E-state index in [0.717, 1.165) is 16.6 Å². The van der Waals surface area contributed by atoms with Crippen molar-refractivity contribution in [1.82, 2.24) is 5.32 Å². The lowest BCUT2D eigenvalue weighted by Crippen LogP contribution is -2.21. The molecule has 1 unspecified atom stereocenters. The zero-order valence-electron chi connectivity index (χ0n) is 11.3. The second kappa shape index (κ2) is 6.16.